The molecule has 1 heteroatoms. The molecule has 0 unspecified atom stereocenters. The van der Waals surface area contributed by atoms with Gasteiger partial charge in [0.25, 0.3) is 0 Å². The molecule has 0 bridgehead atoms. The Labute approximate surface area is 331 Å². The molecule has 0 saturated heterocycles. The van der Waals surface area contributed by atoms with E-state index in [0.717, 1.165) is 17.1 Å². The number of hydrogen-bond donors (Lipinski definition) is 0. The van der Waals surface area contributed by atoms with Gasteiger partial charge in [-0.3, -0.25) is 0 Å². The molecular formula is C55H45N. The van der Waals surface area contributed by atoms with Gasteiger partial charge in [-0.05, 0) is 128 Å². The van der Waals surface area contributed by atoms with Crippen molar-refractivity contribution >= 4 is 17.1 Å². The first-order valence-electron chi connectivity index (χ1n) is 20.1. The summed E-state index contributed by atoms with van der Waals surface area (Å²) in [7, 11) is 0. The number of aryl methyl sites for hydroxylation is 2. The van der Waals surface area contributed by atoms with Gasteiger partial charge in [0.05, 0.1) is 5.69 Å². The van der Waals surface area contributed by atoms with Gasteiger partial charge in [-0.15, -0.1) is 0 Å². The number of anilines is 3. The molecule has 270 valence electrons. The van der Waals surface area contributed by atoms with Crippen LogP contribution in [0.15, 0.2) is 188 Å². The molecular weight excluding hydrogens is 675 g/mol. The van der Waals surface area contributed by atoms with Crippen molar-refractivity contribution in [2.75, 3.05) is 4.90 Å². The lowest BCUT2D eigenvalue weighted by molar-refractivity contribution is 0.660. The van der Waals surface area contributed by atoms with Crippen LogP contribution in [0.25, 0.3) is 55.6 Å². The molecule has 2 aliphatic carbocycles. The zero-order chi connectivity index (χ0) is 37.6. The van der Waals surface area contributed by atoms with Crippen LogP contribution in [0.1, 0.15) is 48.9 Å². The van der Waals surface area contributed by atoms with Crippen LogP contribution in [0.2, 0.25) is 0 Å². The fraction of sp³-hybridized carbons (Fsp3) is 0.127. The van der Waals surface area contributed by atoms with Gasteiger partial charge in [0.2, 0.25) is 0 Å². The number of rotatable bonds is 7. The van der Waals surface area contributed by atoms with E-state index in [1.165, 1.54) is 104 Å². The van der Waals surface area contributed by atoms with Crippen molar-refractivity contribution in [2.45, 2.75) is 44.9 Å². The molecule has 2 aliphatic rings. The lowest BCUT2D eigenvalue weighted by Crippen LogP contribution is -2.17. The Morgan fingerprint density at radius 2 is 0.929 bits per heavy atom. The van der Waals surface area contributed by atoms with E-state index in [4.69, 9.17) is 0 Å². The molecule has 0 heterocycles. The van der Waals surface area contributed by atoms with E-state index < -0.39 is 0 Å². The molecule has 0 radical (unpaired) electrons. The van der Waals surface area contributed by atoms with Crippen LogP contribution in [-0.2, 0) is 18.3 Å². The summed E-state index contributed by atoms with van der Waals surface area (Å²) in [5.41, 5.74) is 21.7. The van der Waals surface area contributed by atoms with Gasteiger partial charge >= 0.3 is 0 Å². The summed E-state index contributed by atoms with van der Waals surface area (Å²) in [6.45, 7) is 4.76. The Morgan fingerprint density at radius 1 is 0.375 bits per heavy atom. The van der Waals surface area contributed by atoms with E-state index in [2.05, 4.69) is 207 Å². The molecule has 0 aliphatic heterocycles. The van der Waals surface area contributed by atoms with Crippen molar-refractivity contribution in [3.8, 4) is 55.6 Å². The lowest BCUT2D eigenvalue weighted by Gasteiger charge is -2.30. The summed E-state index contributed by atoms with van der Waals surface area (Å²) in [5.74, 6) is 0. The first-order chi connectivity index (χ1) is 27.5. The predicted molar refractivity (Wildman–Crippen MR) is 237 cm³/mol. The van der Waals surface area contributed by atoms with Crippen LogP contribution in [0.3, 0.4) is 0 Å². The molecule has 0 saturated carbocycles. The van der Waals surface area contributed by atoms with Crippen molar-refractivity contribution in [1.82, 2.24) is 0 Å². The third-order valence-corrected chi connectivity index (χ3v) is 12.3. The van der Waals surface area contributed by atoms with Gasteiger partial charge < -0.3 is 4.90 Å². The summed E-state index contributed by atoms with van der Waals surface area (Å²) < 4.78 is 0. The molecule has 0 fully saturated rings. The second-order valence-corrected chi connectivity index (χ2v) is 16.0. The minimum absolute atomic E-state index is 0.162. The number of benzene rings is 8. The Morgan fingerprint density at radius 3 is 1.64 bits per heavy atom. The van der Waals surface area contributed by atoms with E-state index in [1.54, 1.807) is 0 Å². The molecule has 0 N–H and O–H groups in total. The van der Waals surface area contributed by atoms with Crippen LogP contribution in [-0.4, -0.2) is 0 Å². The van der Waals surface area contributed by atoms with Gasteiger partial charge in [0, 0.05) is 22.4 Å². The minimum atomic E-state index is -0.162. The van der Waals surface area contributed by atoms with E-state index in [0.29, 0.717) is 0 Å². The van der Waals surface area contributed by atoms with E-state index in [1.807, 2.05) is 0 Å². The van der Waals surface area contributed by atoms with Gasteiger partial charge in [-0.1, -0.05) is 172 Å². The summed E-state index contributed by atoms with van der Waals surface area (Å²) >= 11 is 0. The maximum atomic E-state index is 2.45. The van der Waals surface area contributed by atoms with Crippen molar-refractivity contribution in [2.24, 2.45) is 0 Å². The largest absolute Gasteiger partial charge is 0.310 e. The molecule has 0 aromatic heterocycles. The quantitative estimate of drug-likeness (QED) is 0.159. The Bertz CT molecular complexity index is 2690. The molecule has 10 rings (SSSR count). The standard InChI is InChI=1S/C55H45N/c1-55(2)51-22-13-21-49(43-17-7-4-8-18-43)54(51)50-35-34-47(37-52(50)55)56(53-23-12-11-20-48(53)42-15-5-3-6-16-42)46-32-30-40(31-33-46)39-24-26-41(27-25-39)45-29-28-38-14-9-10-19-44(38)36-45/h3-8,11-13,15-18,20-37H,9-10,14,19H2,1-2H3. The zero-order valence-corrected chi connectivity index (χ0v) is 32.2. The topological polar surface area (TPSA) is 3.24 Å². The molecule has 1 nitrogen and oxygen atoms in total. The fourth-order valence-corrected chi connectivity index (χ4v) is 9.30. The summed E-state index contributed by atoms with van der Waals surface area (Å²) in [6, 6.07) is 69.7. The van der Waals surface area contributed by atoms with Crippen molar-refractivity contribution in [1.29, 1.82) is 0 Å². The average Bonchev–Trinajstić information content (AvgIpc) is 3.50. The first kappa shape index (κ1) is 34.1. The Kier molecular flexibility index (Phi) is 8.52. The molecule has 0 atom stereocenters. The third-order valence-electron chi connectivity index (χ3n) is 12.3. The summed E-state index contributed by atoms with van der Waals surface area (Å²) in [5, 5.41) is 0. The second kappa shape index (κ2) is 14.0. The monoisotopic (exact) mass is 719 g/mol. The average molecular weight is 720 g/mol. The van der Waals surface area contributed by atoms with Gasteiger partial charge in [-0.25, -0.2) is 0 Å². The highest BCUT2D eigenvalue weighted by Gasteiger charge is 2.37. The smallest absolute Gasteiger partial charge is 0.0540 e. The highest BCUT2D eigenvalue weighted by atomic mass is 15.1. The number of nitrogens with zero attached hydrogens (tertiary/aromatic N) is 1. The van der Waals surface area contributed by atoms with Crippen molar-refractivity contribution < 1.29 is 0 Å². The highest BCUT2D eigenvalue weighted by molar-refractivity contribution is 5.95. The summed E-state index contributed by atoms with van der Waals surface area (Å²) in [4.78, 5) is 2.45. The first-order valence-corrected chi connectivity index (χ1v) is 20.1. The van der Waals surface area contributed by atoms with Crippen LogP contribution < -0.4 is 4.90 Å². The van der Waals surface area contributed by atoms with Crippen molar-refractivity contribution in [3.63, 3.8) is 0 Å². The van der Waals surface area contributed by atoms with E-state index in [9.17, 15) is 0 Å². The van der Waals surface area contributed by atoms with Crippen LogP contribution >= 0.6 is 0 Å². The van der Waals surface area contributed by atoms with Crippen molar-refractivity contribution in [3.05, 3.63) is 210 Å². The normalized spacial score (nSPS) is 13.8. The van der Waals surface area contributed by atoms with E-state index in [-0.39, 0.29) is 5.41 Å². The maximum Gasteiger partial charge on any atom is 0.0540 e. The summed E-state index contributed by atoms with van der Waals surface area (Å²) in [6.07, 6.45) is 5.03. The fourth-order valence-electron chi connectivity index (χ4n) is 9.30. The Hall–Kier alpha value is -6.44. The van der Waals surface area contributed by atoms with Crippen LogP contribution in [0, 0.1) is 0 Å². The second-order valence-electron chi connectivity index (χ2n) is 16.0. The molecule has 0 amide bonds. The van der Waals surface area contributed by atoms with Gasteiger partial charge in [0.15, 0.2) is 0 Å². The van der Waals surface area contributed by atoms with Gasteiger partial charge in [0.1, 0.15) is 0 Å². The molecule has 56 heavy (non-hydrogen) atoms. The number of hydrogen-bond acceptors (Lipinski definition) is 1. The number of fused-ring (bicyclic) bond motifs is 4. The maximum absolute atomic E-state index is 2.45. The third kappa shape index (κ3) is 5.96. The van der Waals surface area contributed by atoms with Crippen LogP contribution in [0.4, 0.5) is 17.1 Å². The Balaban J connectivity index is 1.05. The van der Waals surface area contributed by atoms with E-state index >= 15 is 0 Å². The van der Waals surface area contributed by atoms with Gasteiger partial charge in [-0.2, -0.15) is 0 Å². The SMILES string of the molecule is CC1(C)c2cc(N(c3ccc(-c4ccc(-c5ccc6c(c5)CCCC6)cc4)cc3)c3ccccc3-c3ccccc3)ccc2-c2c(-c3ccccc3)cccc21. The lowest BCUT2D eigenvalue weighted by atomic mass is 9.81. The molecule has 8 aromatic rings. The zero-order valence-electron chi connectivity index (χ0n) is 32.2. The molecule has 0 spiro atoms. The van der Waals surface area contributed by atoms with Crippen LogP contribution in [0.5, 0.6) is 0 Å². The highest BCUT2D eigenvalue weighted by Crippen LogP contribution is 2.54. The minimum Gasteiger partial charge on any atom is -0.310 e. The predicted octanol–water partition coefficient (Wildman–Crippen LogP) is 15.0. The number of para-hydroxylation sites is 1. The molecule has 8 aromatic carbocycles.